The van der Waals surface area contributed by atoms with Crippen molar-refractivity contribution in [2.24, 2.45) is 0 Å². The Morgan fingerprint density at radius 2 is 1.79 bits per heavy atom. The minimum absolute atomic E-state index is 1.19. The number of ether oxygens (including phenoxy) is 2. The minimum atomic E-state index is -1.67. The van der Waals surface area contributed by atoms with Gasteiger partial charge in [-0.25, -0.2) is 4.79 Å². The van der Waals surface area contributed by atoms with E-state index in [0.717, 1.165) is 0 Å². The highest BCUT2D eigenvalue weighted by Gasteiger charge is 2.46. The van der Waals surface area contributed by atoms with Crippen molar-refractivity contribution in [1.29, 1.82) is 0 Å². The summed E-state index contributed by atoms with van der Waals surface area (Å²) in [6.45, 7) is 0. The summed E-state index contributed by atoms with van der Waals surface area (Å²) < 4.78 is 9.31. The van der Waals surface area contributed by atoms with Gasteiger partial charge in [0.1, 0.15) is 18.3 Å². The van der Waals surface area contributed by atoms with Crippen LogP contribution in [0.5, 0.6) is 0 Å². The van der Waals surface area contributed by atoms with Gasteiger partial charge in [0, 0.05) is 7.11 Å². The molecule has 7 nitrogen and oxygen atoms in total. The van der Waals surface area contributed by atoms with Crippen LogP contribution in [0.25, 0.3) is 0 Å². The number of rotatable bonds is 2. The van der Waals surface area contributed by atoms with Crippen molar-refractivity contribution >= 4 is 5.97 Å². The monoisotopic (exact) mass is 208 g/mol. The van der Waals surface area contributed by atoms with Gasteiger partial charge in [0.15, 0.2) is 12.4 Å². The molecule has 7 heteroatoms. The predicted molar refractivity (Wildman–Crippen MR) is 41.3 cm³/mol. The first kappa shape index (κ1) is 11.3. The molecule has 1 saturated heterocycles. The molecule has 0 spiro atoms. The Balaban J connectivity index is 2.78. The van der Waals surface area contributed by atoms with Crippen LogP contribution < -0.4 is 0 Å². The normalized spacial score (nSPS) is 43.6. The van der Waals surface area contributed by atoms with Gasteiger partial charge in [-0.2, -0.15) is 0 Å². The van der Waals surface area contributed by atoms with Gasteiger partial charge >= 0.3 is 5.97 Å². The van der Waals surface area contributed by atoms with Crippen molar-refractivity contribution in [3.8, 4) is 0 Å². The standard InChI is InChI=1S/C7H12O7/c1-13-7-4(10)2(8)3(9)5(14-7)6(11)12/h2-5,7-10H,1H3,(H,11,12)/t2?,3-,4-,5?,7?/m0/s1. The Kier molecular flexibility index (Phi) is 3.40. The number of aliphatic hydroxyl groups excluding tert-OH is 3. The van der Waals surface area contributed by atoms with E-state index in [4.69, 9.17) is 9.84 Å². The summed E-state index contributed by atoms with van der Waals surface area (Å²) in [6, 6.07) is 0. The van der Waals surface area contributed by atoms with Gasteiger partial charge in [-0.05, 0) is 0 Å². The van der Waals surface area contributed by atoms with Crippen LogP contribution >= 0.6 is 0 Å². The van der Waals surface area contributed by atoms with Crippen molar-refractivity contribution in [3.63, 3.8) is 0 Å². The number of methoxy groups -OCH3 is 1. The third kappa shape index (κ3) is 1.86. The quantitative estimate of drug-likeness (QED) is 0.397. The molecule has 5 atom stereocenters. The maximum atomic E-state index is 10.5. The zero-order valence-electron chi connectivity index (χ0n) is 7.40. The molecule has 0 radical (unpaired) electrons. The van der Waals surface area contributed by atoms with Gasteiger partial charge in [-0.15, -0.1) is 0 Å². The number of hydrogen-bond donors (Lipinski definition) is 4. The lowest BCUT2D eigenvalue weighted by Gasteiger charge is -2.37. The molecule has 0 bridgehead atoms. The van der Waals surface area contributed by atoms with Gasteiger partial charge in [0.2, 0.25) is 0 Å². The molecule has 4 N–H and O–H groups in total. The largest absolute Gasteiger partial charge is 0.479 e. The van der Waals surface area contributed by atoms with Crippen LogP contribution in [-0.4, -0.2) is 64.2 Å². The maximum Gasteiger partial charge on any atom is 0.335 e. The summed E-state index contributed by atoms with van der Waals surface area (Å²) in [5.74, 6) is -1.43. The number of aliphatic carboxylic acids is 1. The summed E-state index contributed by atoms with van der Waals surface area (Å²) in [4.78, 5) is 10.5. The topological polar surface area (TPSA) is 116 Å². The van der Waals surface area contributed by atoms with E-state index in [9.17, 15) is 20.1 Å². The molecule has 0 aromatic carbocycles. The second kappa shape index (κ2) is 4.20. The Morgan fingerprint density at radius 3 is 2.21 bits per heavy atom. The lowest BCUT2D eigenvalue weighted by atomic mass is 9.99. The first-order valence-electron chi connectivity index (χ1n) is 3.94. The molecule has 1 heterocycles. The predicted octanol–water partition coefficient (Wildman–Crippen LogP) is -2.47. The zero-order valence-corrected chi connectivity index (χ0v) is 7.40. The highest BCUT2D eigenvalue weighted by molar-refractivity contribution is 5.73. The molecule has 1 aliphatic rings. The molecule has 0 saturated carbocycles. The van der Waals surface area contributed by atoms with E-state index in [-0.39, 0.29) is 0 Å². The van der Waals surface area contributed by atoms with Crippen LogP contribution in [-0.2, 0) is 14.3 Å². The zero-order chi connectivity index (χ0) is 10.9. The average Bonchev–Trinajstić information content (AvgIpc) is 2.14. The van der Waals surface area contributed by atoms with Crippen LogP contribution in [0.15, 0.2) is 0 Å². The van der Waals surface area contributed by atoms with Gasteiger partial charge in [0.25, 0.3) is 0 Å². The second-order valence-electron chi connectivity index (χ2n) is 2.97. The lowest BCUT2D eigenvalue weighted by Crippen LogP contribution is -2.60. The highest BCUT2D eigenvalue weighted by atomic mass is 16.7. The Labute approximate surface area is 79.5 Å². The SMILES string of the molecule is COC1OC(C(=O)O)[C@@H](O)C(O)[C@@H]1O. The van der Waals surface area contributed by atoms with Crippen LogP contribution in [0.1, 0.15) is 0 Å². The first-order chi connectivity index (χ1) is 6.49. The van der Waals surface area contributed by atoms with Crippen LogP contribution in [0.3, 0.4) is 0 Å². The molecule has 0 aromatic rings. The summed E-state index contributed by atoms with van der Waals surface area (Å²) >= 11 is 0. The molecule has 14 heavy (non-hydrogen) atoms. The van der Waals surface area contributed by atoms with Crippen molar-refractivity contribution in [3.05, 3.63) is 0 Å². The van der Waals surface area contributed by atoms with E-state index in [0.29, 0.717) is 0 Å². The van der Waals surface area contributed by atoms with E-state index >= 15 is 0 Å². The van der Waals surface area contributed by atoms with Gasteiger partial charge in [0.05, 0.1) is 0 Å². The molecular weight excluding hydrogens is 196 g/mol. The Hall–Kier alpha value is -0.730. The van der Waals surface area contributed by atoms with Gasteiger partial charge < -0.3 is 29.9 Å². The summed E-state index contributed by atoms with van der Waals surface area (Å²) in [5, 5.41) is 36.3. The molecule has 3 unspecified atom stereocenters. The molecule has 0 amide bonds. The average molecular weight is 208 g/mol. The van der Waals surface area contributed by atoms with E-state index < -0.39 is 36.7 Å². The number of hydrogen-bond acceptors (Lipinski definition) is 6. The van der Waals surface area contributed by atoms with Crippen LogP contribution in [0.4, 0.5) is 0 Å². The maximum absolute atomic E-state index is 10.5. The number of carboxylic acid groups (broad SMARTS) is 1. The van der Waals surface area contributed by atoms with E-state index in [1.165, 1.54) is 7.11 Å². The number of aliphatic hydroxyl groups is 3. The van der Waals surface area contributed by atoms with E-state index in [1.54, 1.807) is 0 Å². The second-order valence-corrected chi connectivity index (χ2v) is 2.97. The molecule has 82 valence electrons. The number of carboxylic acids is 1. The fourth-order valence-corrected chi connectivity index (χ4v) is 1.25. The summed E-state index contributed by atoms with van der Waals surface area (Å²) in [7, 11) is 1.19. The molecular formula is C7H12O7. The Morgan fingerprint density at radius 1 is 1.21 bits per heavy atom. The van der Waals surface area contributed by atoms with Crippen molar-refractivity contribution in [2.75, 3.05) is 7.11 Å². The fourth-order valence-electron chi connectivity index (χ4n) is 1.25. The van der Waals surface area contributed by atoms with Gasteiger partial charge in [-0.1, -0.05) is 0 Å². The van der Waals surface area contributed by atoms with E-state index in [1.807, 2.05) is 0 Å². The number of carbonyl (C=O) groups is 1. The lowest BCUT2D eigenvalue weighted by molar-refractivity contribution is -0.287. The third-order valence-electron chi connectivity index (χ3n) is 2.05. The van der Waals surface area contributed by atoms with Crippen molar-refractivity contribution in [1.82, 2.24) is 0 Å². The summed E-state index contributed by atoms with van der Waals surface area (Å²) in [5.41, 5.74) is 0. The highest BCUT2D eigenvalue weighted by Crippen LogP contribution is 2.21. The molecule has 1 fully saturated rings. The van der Waals surface area contributed by atoms with E-state index in [2.05, 4.69) is 4.74 Å². The van der Waals surface area contributed by atoms with Crippen LogP contribution in [0.2, 0.25) is 0 Å². The molecule has 0 aromatic heterocycles. The smallest absolute Gasteiger partial charge is 0.335 e. The minimum Gasteiger partial charge on any atom is -0.479 e. The van der Waals surface area contributed by atoms with Gasteiger partial charge in [-0.3, -0.25) is 0 Å². The van der Waals surface area contributed by atoms with Crippen LogP contribution in [0, 0.1) is 0 Å². The first-order valence-corrected chi connectivity index (χ1v) is 3.94. The van der Waals surface area contributed by atoms with Crippen molar-refractivity contribution in [2.45, 2.75) is 30.7 Å². The summed E-state index contributed by atoms with van der Waals surface area (Å²) in [6.07, 6.45) is -7.60. The third-order valence-corrected chi connectivity index (χ3v) is 2.05. The fraction of sp³-hybridized carbons (Fsp3) is 0.857. The molecule has 1 rings (SSSR count). The van der Waals surface area contributed by atoms with Crippen molar-refractivity contribution < 1.29 is 34.7 Å². The molecule has 1 aliphatic heterocycles. The molecule has 0 aliphatic carbocycles. The Bertz CT molecular complexity index is 216.